The number of nitrogens with zero attached hydrogens (tertiary/aromatic N) is 2. The summed E-state index contributed by atoms with van der Waals surface area (Å²) in [4.78, 5) is 12.3. The summed E-state index contributed by atoms with van der Waals surface area (Å²) in [5.74, 6) is 0.501. The molecular formula is C13H12BrClN2O. The summed E-state index contributed by atoms with van der Waals surface area (Å²) in [5, 5.41) is 0.579. The molecule has 2 aromatic rings. The van der Waals surface area contributed by atoms with Crippen molar-refractivity contribution in [2.75, 3.05) is 0 Å². The van der Waals surface area contributed by atoms with E-state index in [1.807, 2.05) is 29.9 Å². The Hall–Kier alpha value is -1.00. The molecule has 0 saturated heterocycles. The van der Waals surface area contributed by atoms with E-state index in [1.165, 1.54) is 0 Å². The van der Waals surface area contributed by atoms with Crippen LogP contribution in [-0.2, 0) is 7.05 Å². The van der Waals surface area contributed by atoms with Gasteiger partial charge < -0.3 is 0 Å². The van der Waals surface area contributed by atoms with Crippen LogP contribution in [0.2, 0.25) is 5.02 Å². The molecule has 0 unspecified atom stereocenters. The van der Waals surface area contributed by atoms with Crippen molar-refractivity contribution in [2.24, 2.45) is 7.05 Å². The zero-order chi connectivity index (χ0) is 12.9. The molecule has 18 heavy (non-hydrogen) atoms. The highest BCUT2D eigenvalue weighted by Crippen LogP contribution is 2.42. The van der Waals surface area contributed by atoms with Gasteiger partial charge in [0.15, 0.2) is 0 Å². The maximum Gasteiger partial charge on any atom is 0.286 e. The van der Waals surface area contributed by atoms with Gasteiger partial charge in [-0.15, -0.1) is 0 Å². The van der Waals surface area contributed by atoms with Crippen LogP contribution in [0, 0.1) is 0 Å². The van der Waals surface area contributed by atoms with Crippen LogP contribution in [0.3, 0.4) is 0 Å². The summed E-state index contributed by atoms with van der Waals surface area (Å²) in [7, 11) is 1.91. The quantitative estimate of drug-likeness (QED) is 0.830. The second kappa shape index (κ2) is 4.28. The van der Waals surface area contributed by atoms with E-state index < -0.39 is 0 Å². The van der Waals surface area contributed by atoms with Gasteiger partial charge in [-0.2, -0.15) is 0 Å². The van der Waals surface area contributed by atoms with E-state index >= 15 is 0 Å². The van der Waals surface area contributed by atoms with E-state index in [2.05, 4.69) is 15.9 Å². The average Bonchev–Trinajstić information content (AvgIpc) is 3.13. The molecule has 0 radical (unpaired) electrons. The van der Waals surface area contributed by atoms with Gasteiger partial charge in [0, 0.05) is 13.0 Å². The normalized spacial score (nSPS) is 15.1. The second-order valence-electron chi connectivity index (χ2n) is 4.57. The van der Waals surface area contributed by atoms with Gasteiger partial charge in [-0.1, -0.05) is 23.7 Å². The molecule has 94 valence electrons. The van der Waals surface area contributed by atoms with Crippen LogP contribution in [-0.4, -0.2) is 9.36 Å². The molecule has 0 aliphatic heterocycles. The summed E-state index contributed by atoms with van der Waals surface area (Å²) in [5.41, 5.74) is 1.74. The molecule has 3 rings (SSSR count). The SMILES string of the molecule is Cn1c(C2CC2)c(Br)c(=O)n1-c1ccccc1Cl. The molecule has 0 amide bonds. The summed E-state index contributed by atoms with van der Waals surface area (Å²) in [6.07, 6.45) is 2.30. The van der Waals surface area contributed by atoms with E-state index in [0.29, 0.717) is 15.4 Å². The van der Waals surface area contributed by atoms with E-state index in [0.717, 1.165) is 24.2 Å². The van der Waals surface area contributed by atoms with Crippen LogP contribution >= 0.6 is 27.5 Å². The van der Waals surface area contributed by atoms with Gasteiger partial charge in [-0.25, -0.2) is 4.68 Å². The van der Waals surface area contributed by atoms with Crippen LogP contribution < -0.4 is 5.56 Å². The third-order valence-electron chi connectivity index (χ3n) is 3.30. The molecule has 1 aliphatic carbocycles. The van der Waals surface area contributed by atoms with Crippen LogP contribution in [0.1, 0.15) is 24.5 Å². The number of para-hydroxylation sites is 1. The van der Waals surface area contributed by atoms with Crippen molar-refractivity contribution in [1.82, 2.24) is 9.36 Å². The van der Waals surface area contributed by atoms with Crippen molar-refractivity contribution in [3.8, 4) is 5.69 Å². The molecule has 1 fully saturated rings. The Kier molecular flexibility index (Phi) is 2.87. The Morgan fingerprint density at radius 2 is 2.00 bits per heavy atom. The highest BCUT2D eigenvalue weighted by molar-refractivity contribution is 9.10. The topological polar surface area (TPSA) is 26.9 Å². The number of hydrogen-bond acceptors (Lipinski definition) is 1. The van der Waals surface area contributed by atoms with Crippen LogP contribution in [0.15, 0.2) is 33.5 Å². The molecule has 0 atom stereocenters. The van der Waals surface area contributed by atoms with Gasteiger partial charge >= 0.3 is 0 Å². The summed E-state index contributed by atoms with van der Waals surface area (Å²) in [6.45, 7) is 0. The Morgan fingerprint density at radius 1 is 1.33 bits per heavy atom. The lowest BCUT2D eigenvalue weighted by Gasteiger charge is -2.10. The molecule has 0 spiro atoms. The maximum atomic E-state index is 12.3. The highest BCUT2D eigenvalue weighted by Gasteiger charge is 2.32. The van der Waals surface area contributed by atoms with Gasteiger partial charge in [0.05, 0.1) is 16.4 Å². The van der Waals surface area contributed by atoms with Gasteiger partial charge in [-0.3, -0.25) is 9.48 Å². The van der Waals surface area contributed by atoms with Crippen molar-refractivity contribution in [2.45, 2.75) is 18.8 Å². The first-order valence-electron chi connectivity index (χ1n) is 5.83. The zero-order valence-corrected chi connectivity index (χ0v) is 12.2. The van der Waals surface area contributed by atoms with Crippen LogP contribution in [0.5, 0.6) is 0 Å². The smallest absolute Gasteiger partial charge is 0.284 e. The second-order valence-corrected chi connectivity index (χ2v) is 5.77. The first kappa shape index (κ1) is 12.1. The fourth-order valence-corrected chi connectivity index (χ4v) is 3.25. The van der Waals surface area contributed by atoms with E-state index in [-0.39, 0.29) is 5.56 Å². The fourth-order valence-electron chi connectivity index (χ4n) is 2.28. The molecule has 1 heterocycles. The predicted molar refractivity (Wildman–Crippen MR) is 75.7 cm³/mol. The minimum Gasteiger partial charge on any atom is -0.284 e. The fraction of sp³-hybridized carbons (Fsp3) is 0.308. The molecule has 0 N–H and O–H groups in total. The Morgan fingerprint density at radius 3 is 2.61 bits per heavy atom. The lowest BCUT2D eigenvalue weighted by Crippen LogP contribution is -2.20. The van der Waals surface area contributed by atoms with Crippen molar-refractivity contribution in [3.63, 3.8) is 0 Å². The maximum absolute atomic E-state index is 12.3. The largest absolute Gasteiger partial charge is 0.286 e. The number of halogens is 2. The molecule has 0 bridgehead atoms. The molecular weight excluding hydrogens is 316 g/mol. The lowest BCUT2D eigenvalue weighted by molar-refractivity contribution is 0.616. The first-order valence-corrected chi connectivity index (χ1v) is 7.00. The van der Waals surface area contributed by atoms with Gasteiger partial charge in [0.1, 0.15) is 4.47 Å². The highest BCUT2D eigenvalue weighted by atomic mass is 79.9. The first-order chi connectivity index (χ1) is 8.61. The van der Waals surface area contributed by atoms with Crippen molar-refractivity contribution >= 4 is 27.5 Å². The molecule has 1 aromatic heterocycles. The van der Waals surface area contributed by atoms with Gasteiger partial charge in [-0.05, 0) is 40.9 Å². The number of benzene rings is 1. The predicted octanol–water partition coefficient (Wildman–Crippen LogP) is 3.47. The number of rotatable bonds is 2. The molecule has 3 nitrogen and oxygen atoms in total. The molecule has 1 aliphatic rings. The molecule has 1 aromatic carbocycles. The van der Waals surface area contributed by atoms with Crippen LogP contribution in [0.25, 0.3) is 5.69 Å². The minimum absolute atomic E-state index is 0.0486. The summed E-state index contributed by atoms with van der Waals surface area (Å²) < 4.78 is 4.19. The van der Waals surface area contributed by atoms with Crippen molar-refractivity contribution in [3.05, 3.63) is 49.8 Å². The number of hydrogen-bond donors (Lipinski definition) is 0. The third-order valence-corrected chi connectivity index (χ3v) is 4.36. The average molecular weight is 328 g/mol. The molecule has 1 saturated carbocycles. The molecule has 5 heteroatoms. The Bertz CT molecular complexity index is 670. The van der Waals surface area contributed by atoms with E-state index in [9.17, 15) is 4.79 Å². The lowest BCUT2D eigenvalue weighted by atomic mass is 10.3. The number of aromatic nitrogens is 2. The van der Waals surface area contributed by atoms with Crippen molar-refractivity contribution in [1.29, 1.82) is 0 Å². The van der Waals surface area contributed by atoms with Crippen LogP contribution in [0.4, 0.5) is 0 Å². The van der Waals surface area contributed by atoms with Crippen molar-refractivity contribution < 1.29 is 0 Å². The zero-order valence-electron chi connectivity index (χ0n) is 9.86. The Labute approximate surface area is 118 Å². The Balaban J connectivity index is 2.28. The van der Waals surface area contributed by atoms with Gasteiger partial charge in [0.2, 0.25) is 0 Å². The standard InChI is InChI=1S/C13H12BrClN2O/c1-16-12(8-6-7-8)11(14)13(18)17(16)10-5-3-2-4-9(10)15/h2-5,8H,6-7H2,1H3. The monoisotopic (exact) mass is 326 g/mol. The minimum atomic E-state index is -0.0486. The van der Waals surface area contributed by atoms with E-state index in [4.69, 9.17) is 11.6 Å². The van der Waals surface area contributed by atoms with E-state index in [1.54, 1.807) is 10.7 Å². The summed E-state index contributed by atoms with van der Waals surface area (Å²) >= 11 is 9.59. The van der Waals surface area contributed by atoms with Gasteiger partial charge in [0.25, 0.3) is 5.56 Å². The summed E-state index contributed by atoms with van der Waals surface area (Å²) in [6, 6.07) is 7.38. The third kappa shape index (κ3) is 1.75.